The van der Waals surface area contributed by atoms with Gasteiger partial charge in [0.2, 0.25) is 5.90 Å². The zero-order valence-electron chi connectivity index (χ0n) is 11.3. The number of hydrogen-bond donors (Lipinski definition) is 0. The first-order valence-corrected chi connectivity index (χ1v) is 6.46. The fraction of sp³-hybridized carbons (Fsp3) is 0. The number of non-ortho nitro benzene ring substituents is 1. The molecule has 0 unspecified atom stereocenters. The van der Waals surface area contributed by atoms with Gasteiger partial charge in [0.15, 0.2) is 5.70 Å². The number of carbonyl (C=O) groups excluding carboxylic acids is 1. The molecule has 3 rings (SSSR count). The van der Waals surface area contributed by atoms with Crippen LogP contribution in [0.5, 0.6) is 0 Å². The Morgan fingerprint density at radius 1 is 1.09 bits per heavy atom. The van der Waals surface area contributed by atoms with Crippen LogP contribution in [-0.2, 0) is 9.53 Å². The molecule has 6 heteroatoms. The molecular formula is C16H10N2O4. The van der Waals surface area contributed by atoms with E-state index in [1.807, 2.05) is 30.3 Å². The quantitative estimate of drug-likeness (QED) is 0.377. The van der Waals surface area contributed by atoms with Gasteiger partial charge in [-0.1, -0.05) is 36.4 Å². The molecule has 0 spiro atoms. The molecule has 0 saturated carbocycles. The highest BCUT2D eigenvalue weighted by Gasteiger charge is 2.25. The minimum Gasteiger partial charge on any atom is -0.402 e. The van der Waals surface area contributed by atoms with Crippen LogP contribution in [0.1, 0.15) is 11.1 Å². The van der Waals surface area contributed by atoms with Gasteiger partial charge < -0.3 is 4.74 Å². The molecule has 0 radical (unpaired) electrons. The first kappa shape index (κ1) is 13.7. The van der Waals surface area contributed by atoms with Gasteiger partial charge in [0.05, 0.1) is 4.92 Å². The fourth-order valence-corrected chi connectivity index (χ4v) is 1.99. The molecule has 0 amide bonds. The molecule has 1 aliphatic heterocycles. The van der Waals surface area contributed by atoms with Crippen molar-refractivity contribution >= 4 is 23.6 Å². The Morgan fingerprint density at radius 3 is 2.59 bits per heavy atom. The van der Waals surface area contributed by atoms with Crippen molar-refractivity contribution in [2.24, 2.45) is 4.99 Å². The number of cyclic esters (lactones) is 1. The van der Waals surface area contributed by atoms with Crippen molar-refractivity contribution in [3.8, 4) is 0 Å². The Labute approximate surface area is 125 Å². The standard InChI is InChI=1S/C16H10N2O4/c19-16-14(9-11-5-2-1-3-6-11)17-15(22-16)12-7-4-8-13(10-12)18(20)21/h1-10H/b14-9+. The lowest BCUT2D eigenvalue weighted by molar-refractivity contribution is -0.384. The molecular weight excluding hydrogens is 284 g/mol. The van der Waals surface area contributed by atoms with Crippen LogP contribution in [0.3, 0.4) is 0 Å². The monoisotopic (exact) mass is 294 g/mol. The highest BCUT2D eigenvalue weighted by atomic mass is 16.6. The Balaban J connectivity index is 1.95. The second-order valence-corrected chi connectivity index (χ2v) is 4.55. The number of nitro groups is 1. The minimum absolute atomic E-state index is 0.0656. The summed E-state index contributed by atoms with van der Waals surface area (Å²) in [5.74, 6) is -0.513. The smallest absolute Gasteiger partial charge is 0.363 e. The highest BCUT2D eigenvalue weighted by Crippen LogP contribution is 2.21. The third-order valence-electron chi connectivity index (χ3n) is 3.03. The molecule has 0 saturated heterocycles. The second kappa shape index (κ2) is 5.61. The summed E-state index contributed by atoms with van der Waals surface area (Å²) in [5, 5.41) is 10.8. The molecule has 0 fully saturated rings. The molecule has 0 atom stereocenters. The van der Waals surface area contributed by atoms with Gasteiger partial charge in [0.1, 0.15) is 0 Å². The Hall–Kier alpha value is -3.28. The van der Waals surface area contributed by atoms with Gasteiger partial charge in [-0.3, -0.25) is 10.1 Å². The van der Waals surface area contributed by atoms with Gasteiger partial charge in [0.25, 0.3) is 5.69 Å². The third kappa shape index (κ3) is 2.76. The van der Waals surface area contributed by atoms with Crippen LogP contribution in [0.4, 0.5) is 5.69 Å². The predicted molar refractivity (Wildman–Crippen MR) is 80.1 cm³/mol. The average molecular weight is 294 g/mol. The van der Waals surface area contributed by atoms with E-state index in [0.717, 1.165) is 5.56 Å². The van der Waals surface area contributed by atoms with Gasteiger partial charge in [-0.2, -0.15) is 0 Å². The van der Waals surface area contributed by atoms with Gasteiger partial charge in [-0.05, 0) is 17.7 Å². The van der Waals surface area contributed by atoms with Crippen LogP contribution in [0.25, 0.3) is 6.08 Å². The van der Waals surface area contributed by atoms with Crippen LogP contribution in [0.15, 0.2) is 65.3 Å². The van der Waals surface area contributed by atoms with Crippen LogP contribution in [0, 0.1) is 10.1 Å². The molecule has 108 valence electrons. The topological polar surface area (TPSA) is 81.8 Å². The van der Waals surface area contributed by atoms with Gasteiger partial charge in [-0.25, -0.2) is 9.79 Å². The molecule has 0 aliphatic carbocycles. The number of esters is 1. The minimum atomic E-state index is -0.578. The number of nitro benzene ring substituents is 1. The van der Waals surface area contributed by atoms with Crippen LogP contribution < -0.4 is 0 Å². The molecule has 22 heavy (non-hydrogen) atoms. The summed E-state index contributed by atoms with van der Waals surface area (Å²) in [7, 11) is 0. The summed E-state index contributed by atoms with van der Waals surface area (Å²) in [6.07, 6.45) is 1.60. The maximum Gasteiger partial charge on any atom is 0.363 e. The molecule has 6 nitrogen and oxygen atoms in total. The first-order chi connectivity index (χ1) is 10.6. The van der Waals surface area contributed by atoms with Crippen molar-refractivity contribution in [2.45, 2.75) is 0 Å². The van der Waals surface area contributed by atoms with Crippen LogP contribution in [0.2, 0.25) is 0 Å². The van der Waals surface area contributed by atoms with E-state index in [-0.39, 0.29) is 17.3 Å². The Morgan fingerprint density at radius 2 is 1.86 bits per heavy atom. The zero-order chi connectivity index (χ0) is 15.5. The summed E-state index contributed by atoms with van der Waals surface area (Å²) >= 11 is 0. The maximum absolute atomic E-state index is 11.8. The van der Waals surface area contributed by atoms with Crippen LogP contribution >= 0.6 is 0 Å². The highest BCUT2D eigenvalue weighted by molar-refractivity contribution is 6.13. The van der Waals surface area contributed by atoms with E-state index in [1.54, 1.807) is 12.1 Å². The van der Waals surface area contributed by atoms with E-state index in [2.05, 4.69) is 4.99 Å². The van der Waals surface area contributed by atoms with E-state index in [1.165, 1.54) is 18.2 Å². The first-order valence-electron chi connectivity index (χ1n) is 6.46. The normalized spacial score (nSPS) is 15.5. The van der Waals surface area contributed by atoms with Crippen molar-refractivity contribution in [1.29, 1.82) is 0 Å². The lowest BCUT2D eigenvalue weighted by Crippen LogP contribution is -2.05. The lowest BCUT2D eigenvalue weighted by atomic mass is 10.2. The SMILES string of the molecule is O=C1OC(c2cccc([N+](=O)[O-])c2)=N/C1=C/c1ccccc1. The molecule has 2 aromatic rings. The Kier molecular flexibility index (Phi) is 3.49. The van der Waals surface area contributed by atoms with Crippen molar-refractivity contribution in [2.75, 3.05) is 0 Å². The van der Waals surface area contributed by atoms with E-state index in [9.17, 15) is 14.9 Å². The summed E-state index contributed by atoms with van der Waals surface area (Å²) in [5.41, 5.74) is 1.28. The third-order valence-corrected chi connectivity index (χ3v) is 3.03. The molecule has 1 heterocycles. The largest absolute Gasteiger partial charge is 0.402 e. The maximum atomic E-state index is 11.8. The average Bonchev–Trinajstić information content (AvgIpc) is 2.89. The predicted octanol–water partition coefficient (Wildman–Crippen LogP) is 2.94. The van der Waals surface area contributed by atoms with E-state index < -0.39 is 10.9 Å². The van der Waals surface area contributed by atoms with Gasteiger partial charge in [0, 0.05) is 17.7 Å². The van der Waals surface area contributed by atoms with Crippen LogP contribution in [-0.4, -0.2) is 16.8 Å². The van der Waals surface area contributed by atoms with Crippen molar-refractivity contribution in [3.63, 3.8) is 0 Å². The molecule has 0 aromatic heterocycles. The summed E-state index contributed by atoms with van der Waals surface area (Å²) in [6.45, 7) is 0. The number of ether oxygens (including phenoxy) is 1. The number of nitrogens with zero attached hydrogens (tertiary/aromatic N) is 2. The number of carbonyl (C=O) groups is 1. The molecule has 0 N–H and O–H groups in total. The number of benzene rings is 2. The fourth-order valence-electron chi connectivity index (χ4n) is 1.99. The van der Waals surface area contributed by atoms with Crippen molar-refractivity contribution in [1.82, 2.24) is 0 Å². The summed E-state index contributed by atoms with van der Waals surface area (Å²) < 4.78 is 5.09. The number of hydrogen-bond acceptors (Lipinski definition) is 5. The summed E-state index contributed by atoms with van der Waals surface area (Å²) in [6, 6.07) is 15.0. The molecule has 2 aromatic carbocycles. The molecule has 0 bridgehead atoms. The van der Waals surface area contributed by atoms with E-state index in [0.29, 0.717) is 5.56 Å². The van der Waals surface area contributed by atoms with Gasteiger partial charge >= 0.3 is 5.97 Å². The van der Waals surface area contributed by atoms with E-state index in [4.69, 9.17) is 4.74 Å². The lowest BCUT2D eigenvalue weighted by Gasteiger charge is -1.98. The second-order valence-electron chi connectivity index (χ2n) is 4.55. The number of aliphatic imine (C=N–C) groups is 1. The number of rotatable bonds is 3. The van der Waals surface area contributed by atoms with E-state index >= 15 is 0 Å². The zero-order valence-corrected chi connectivity index (χ0v) is 11.3. The summed E-state index contributed by atoms with van der Waals surface area (Å²) in [4.78, 5) is 26.2. The molecule has 1 aliphatic rings. The van der Waals surface area contributed by atoms with Crippen molar-refractivity contribution in [3.05, 3.63) is 81.5 Å². The van der Waals surface area contributed by atoms with Crippen molar-refractivity contribution < 1.29 is 14.5 Å². The Bertz CT molecular complexity index is 810. The van der Waals surface area contributed by atoms with Gasteiger partial charge in [-0.15, -0.1) is 0 Å².